The monoisotopic (exact) mass is 243 g/mol. The summed E-state index contributed by atoms with van der Waals surface area (Å²) in [7, 11) is 1.71. The Labute approximate surface area is 100 Å². The molecule has 0 heterocycles. The van der Waals surface area contributed by atoms with E-state index in [1.54, 1.807) is 24.1 Å². The minimum absolute atomic E-state index is 0.0323. The van der Waals surface area contributed by atoms with Crippen molar-refractivity contribution in [3.8, 4) is 0 Å². The average molecular weight is 244 g/mol. The molecule has 0 N–H and O–H groups in total. The van der Waals surface area contributed by atoms with Gasteiger partial charge in [-0.15, -0.1) is 11.6 Å². The molecule has 0 aromatic heterocycles. The second-order valence-corrected chi connectivity index (χ2v) is 4.05. The lowest BCUT2D eigenvalue weighted by Gasteiger charge is -2.17. The van der Waals surface area contributed by atoms with Crippen LogP contribution in [0.3, 0.4) is 0 Å². The third-order valence-corrected chi connectivity index (χ3v) is 2.53. The number of nitrogens with zero attached hydrogens (tertiary/aromatic N) is 1. The molecule has 88 valence electrons. The van der Waals surface area contributed by atoms with Crippen molar-refractivity contribution in [2.45, 2.75) is 19.4 Å². The number of carbonyl (C=O) groups is 1. The van der Waals surface area contributed by atoms with Crippen molar-refractivity contribution < 1.29 is 9.18 Å². The van der Waals surface area contributed by atoms with E-state index < -0.39 is 0 Å². The van der Waals surface area contributed by atoms with Crippen molar-refractivity contribution in [3.63, 3.8) is 0 Å². The van der Waals surface area contributed by atoms with Crippen LogP contribution in [0.15, 0.2) is 24.3 Å². The van der Waals surface area contributed by atoms with Gasteiger partial charge >= 0.3 is 0 Å². The minimum atomic E-state index is -0.279. The molecular formula is C12H15ClFNO. The molecule has 0 radical (unpaired) electrons. The summed E-state index contributed by atoms with van der Waals surface area (Å²) in [5, 5.41) is 0. The van der Waals surface area contributed by atoms with Gasteiger partial charge in [-0.25, -0.2) is 4.39 Å². The van der Waals surface area contributed by atoms with Crippen LogP contribution in [0, 0.1) is 5.82 Å². The molecule has 1 aromatic carbocycles. The van der Waals surface area contributed by atoms with E-state index in [4.69, 9.17) is 11.6 Å². The fourth-order valence-corrected chi connectivity index (χ4v) is 1.54. The van der Waals surface area contributed by atoms with E-state index in [1.165, 1.54) is 12.1 Å². The maximum Gasteiger partial charge on any atom is 0.222 e. The summed E-state index contributed by atoms with van der Waals surface area (Å²) >= 11 is 5.51. The Morgan fingerprint density at radius 1 is 1.50 bits per heavy atom. The molecule has 0 unspecified atom stereocenters. The van der Waals surface area contributed by atoms with Crippen molar-refractivity contribution in [3.05, 3.63) is 35.6 Å². The zero-order valence-electron chi connectivity index (χ0n) is 9.25. The van der Waals surface area contributed by atoms with Gasteiger partial charge in [0, 0.05) is 25.9 Å². The highest BCUT2D eigenvalue weighted by atomic mass is 35.5. The van der Waals surface area contributed by atoms with Crippen LogP contribution in [0.5, 0.6) is 0 Å². The van der Waals surface area contributed by atoms with Gasteiger partial charge in [-0.3, -0.25) is 4.79 Å². The van der Waals surface area contributed by atoms with Crippen molar-refractivity contribution >= 4 is 17.5 Å². The maximum atomic E-state index is 12.9. The number of hydrogen-bond donors (Lipinski definition) is 0. The van der Waals surface area contributed by atoms with Gasteiger partial charge in [0.2, 0.25) is 5.91 Å². The molecule has 16 heavy (non-hydrogen) atoms. The smallest absolute Gasteiger partial charge is 0.222 e. The van der Waals surface area contributed by atoms with E-state index in [0.29, 0.717) is 25.3 Å². The van der Waals surface area contributed by atoms with E-state index >= 15 is 0 Å². The molecule has 0 saturated heterocycles. The van der Waals surface area contributed by atoms with Gasteiger partial charge in [-0.05, 0) is 24.1 Å². The maximum absolute atomic E-state index is 12.9. The first-order chi connectivity index (χ1) is 7.63. The fourth-order valence-electron chi connectivity index (χ4n) is 1.41. The van der Waals surface area contributed by atoms with E-state index in [9.17, 15) is 9.18 Å². The first-order valence-corrected chi connectivity index (χ1v) is 5.71. The molecule has 4 heteroatoms. The lowest BCUT2D eigenvalue weighted by Crippen LogP contribution is -2.25. The molecular weight excluding hydrogens is 229 g/mol. The third kappa shape index (κ3) is 4.19. The van der Waals surface area contributed by atoms with Gasteiger partial charge in [0.1, 0.15) is 5.82 Å². The average Bonchev–Trinajstić information content (AvgIpc) is 2.25. The predicted octanol–water partition coefficient (Wildman–Crippen LogP) is 2.80. The Bertz CT molecular complexity index is 357. The van der Waals surface area contributed by atoms with Crippen molar-refractivity contribution in [2.24, 2.45) is 0 Å². The van der Waals surface area contributed by atoms with Crippen LogP contribution in [0.4, 0.5) is 4.39 Å². The lowest BCUT2D eigenvalue weighted by molar-refractivity contribution is -0.130. The number of carbonyl (C=O) groups excluding carboxylic acids is 1. The highest BCUT2D eigenvalue weighted by Gasteiger charge is 2.08. The van der Waals surface area contributed by atoms with Crippen molar-refractivity contribution in [1.82, 2.24) is 4.90 Å². The molecule has 0 atom stereocenters. The SMILES string of the molecule is CN(Cc1cccc(F)c1)C(=O)CCCCl. The molecule has 0 fully saturated rings. The molecule has 0 aliphatic rings. The van der Waals surface area contributed by atoms with E-state index in [0.717, 1.165) is 5.56 Å². The van der Waals surface area contributed by atoms with Gasteiger partial charge in [0.25, 0.3) is 0 Å². The van der Waals surface area contributed by atoms with Gasteiger partial charge in [-0.2, -0.15) is 0 Å². The van der Waals surface area contributed by atoms with Crippen LogP contribution in [0.25, 0.3) is 0 Å². The number of alkyl halides is 1. The van der Waals surface area contributed by atoms with Gasteiger partial charge < -0.3 is 4.90 Å². The molecule has 0 aliphatic heterocycles. The molecule has 1 aromatic rings. The topological polar surface area (TPSA) is 20.3 Å². The molecule has 1 rings (SSSR count). The number of amides is 1. The summed E-state index contributed by atoms with van der Waals surface area (Å²) in [6.45, 7) is 0.429. The van der Waals surface area contributed by atoms with Gasteiger partial charge in [0.05, 0.1) is 0 Å². The summed E-state index contributed by atoms with van der Waals surface area (Å²) < 4.78 is 12.9. The molecule has 0 aliphatic carbocycles. The standard InChI is InChI=1S/C12H15ClFNO/c1-15(12(16)6-3-7-13)9-10-4-2-5-11(14)8-10/h2,4-5,8H,3,6-7,9H2,1H3. The third-order valence-electron chi connectivity index (χ3n) is 2.26. The van der Waals surface area contributed by atoms with Crippen LogP contribution < -0.4 is 0 Å². The summed E-state index contributed by atoms with van der Waals surface area (Å²) in [4.78, 5) is 13.1. The minimum Gasteiger partial charge on any atom is -0.341 e. The Morgan fingerprint density at radius 2 is 2.25 bits per heavy atom. The number of rotatable bonds is 5. The van der Waals surface area contributed by atoms with Crippen LogP contribution >= 0.6 is 11.6 Å². The van der Waals surface area contributed by atoms with E-state index in [1.807, 2.05) is 0 Å². The van der Waals surface area contributed by atoms with Crippen molar-refractivity contribution in [1.29, 1.82) is 0 Å². The lowest BCUT2D eigenvalue weighted by atomic mass is 10.2. The van der Waals surface area contributed by atoms with Crippen LogP contribution in [0.2, 0.25) is 0 Å². The Hall–Kier alpha value is -1.09. The number of hydrogen-bond acceptors (Lipinski definition) is 1. The largest absolute Gasteiger partial charge is 0.341 e. The van der Waals surface area contributed by atoms with Crippen LogP contribution in [-0.2, 0) is 11.3 Å². The zero-order chi connectivity index (χ0) is 12.0. The number of benzene rings is 1. The highest BCUT2D eigenvalue weighted by Crippen LogP contribution is 2.07. The molecule has 0 spiro atoms. The Morgan fingerprint density at radius 3 is 2.88 bits per heavy atom. The van der Waals surface area contributed by atoms with Gasteiger partial charge in [-0.1, -0.05) is 12.1 Å². The van der Waals surface area contributed by atoms with Crippen LogP contribution in [0.1, 0.15) is 18.4 Å². The molecule has 0 saturated carbocycles. The Kier molecular flexibility index (Phi) is 5.26. The summed E-state index contributed by atoms with van der Waals surface area (Å²) in [6.07, 6.45) is 1.11. The summed E-state index contributed by atoms with van der Waals surface area (Å²) in [6, 6.07) is 6.26. The first kappa shape index (κ1) is 13.0. The second kappa shape index (κ2) is 6.48. The predicted molar refractivity (Wildman–Crippen MR) is 62.8 cm³/mol. The fraction of sp³-hybridized carbons (Fsp3) is 0.417. The normalized spacial score (nSPS) is 10.2. The number of halogens is 2. The van der Waals surface area contributed by atoms with Crippen molar-refractivity contribution in [2.75, 3.05) is 12.9 Å². The molecule has 0 bridgehead atoms. The van der Waals surface area contributed by atoms with Gasteiger partial charge in [0.15, 0.2) is 0 Å². The summed E-state index contributed by atoms with van der Waals surface area (Å²) in [5.41, 5.74) is 0.793. The van der Waals surface area contributed by atoms with Crippen LogP contribution in [-0.4, -0.2) is 23.7 Å². The zero-order valence-corrected chi connectivity index (χ0v) is 10.0. The second-order valence-electron chi connectivity index (χ2n) is 3.67. The quantitative estimate of drug-likeness (QED) is 0.729. The highest BCUT2D eigenvalue weighted by molar-refractivity contribution is 6.17. The summed E-state index contributed by atoms with van der Waals surface area (Å²) in [5.74, 6) is 0.239. The molecule has 2 nitrogen and oxygen atoms in total. The van der Waals surface area contributed by atoms with E-state index in [-0.39, 0.29) is 11.7 Å². The first-order valence-electron chi connectivity index (χ1n) is 5.18. The molecule has 1 amide bonds. The van der Waals surface area contributed by atoms with E-state index in [2.05, 4.69) is 0 Å². The Balaban J connectivity index is 2.50.